The predicted octanol–water partition coefficient (Wildman–Crippen LogP) is 7.36. The third-order valence-electron chi connectivity index (χ3n) is 5.11. The Labute approximate surface area is 204 Å². The molecule has 166 valence electrons. The molecule has 3 aromatic carbocycles. The standard InChI is InChI=1S/C28H26N2OS2/c1-20-18-23(32-21-12-6-4-7-13-21)26(24(19-20)33-22-14-8-5-9-15-22)27(31)30-28(2,3)25-16-10-11-17-29-25/h4-19H,1-3H3,(H,30,31). The molecule has 0 aliphatic rings. The molecule has 0 bridgehead atoms. The zero-order valence-corrected chi connectivity index (χ0v) is 20.5. The van der Waals surface area contributed by atoms with Gasteiger partial charge in [-0.25, -0.2) is 0 Å². The van der Waals surface area contributed by atoms with E-state index >= 15 is 0 Å². The number of nitrogens with one attached hydrogen (secondary N) is 1. The van der Waals surface area contributed by atoms with Crippen molar-refractivity contribution in [3.63, 3.8) is 0 Å². The van der Waals surface area contributed by atoms with Gasteiger partial charge in [0.1, 0.15) is 0 Å². The van der Waals surface area contributed by atoms with Gasteiger partial charge in [-0.15, -0.1) is 0 Å². The summed E-state index contributed by atoms with van der Waals surface area (Å²) in [5.74, 6) is -0.109. The smallest absolute Gasteiger partial charge is 0.254 e. The lowest BCUT2D eigenvalue weighted by Gasteiger charge is -2.27. The molecule has 5 heteroatoms. The van der Waals surface area contributed by atoms with Crippen molar-refractivity contribution in [2.45, 2.75) is 45.9 Å². The Morgan fingerprint density at radius 2 is 1.30 bits per heavy atom. The second-order valence-electron chi connectivity index (χ2n) is 8.26. The quantitative estimate of drug-likeness (QED) is 0.306. The molecule has 4 rings (SSSR count). The van der Waals surface area contributed by atoms with E-state index in [0.717, 1.165) is 30.8 Å². The molecule has 0 spiro atoms. The number of aromatic nitrogens is 1. The average molecular weight is 471 g/mol. The number of hydrogen-bond acceptors (Lipinski definition) is 4. The maximum Gasteiger partial charge on any atom is 0.254 e. The molecule has 1 amide bonds. The highest BCUT2D eigenvalue weighted by Crippen LogP contribution is 2.39. The van der Waals surface area contributed by atoms with Gasteiger partial charge in [-0.05, 0) is 74.9 Å². The minimum Gasteiger partial charge on any atom is -0.341 e. The molecule has 3 nitrogen and oxygen atoms in total. The van der Waals surface area contributed by atoms with Crippen LogP contribution in [0.3, 0.4) is 0 Å². The molecule has 0 unspecified atom stereocenters. The van der Waals surface area contributed by atoms with Crippen LogP contribution in [0, 0.1) is 6.92 Å². The summed E-state index contributed by atoms with van der Waals surface area (Å²) in [7, 11) is 0. The fraction of sp³-hybridized carbons (Fsp3) is 0.143. The molecular formula is C28H26N2OS2. The van der Waals surface area contributed by atoms with Crippen LogP contribution in [0.25, 0.3) is 0 Å². The van der Waals surface area contributed by atoms with Crippen LogP contribution < -0.4 is 5.32 Å². The number of aryl methyl sites for hydroxylation is 1. The number of pyridine rings is 1. The van der Waals surface area contributed by atoms with E-state index in [1.54, 1.807) is 29.7 Å². The van der Waals surface area contributed by atoms with Crippen LogP contribution in [0.5, 0.6) is 0 Å². The van der Waals surface area contributed by atoms with Gasteiger partial charge < -0.3 is 5.32 Å². The highest BCUT2D eigenvalue weighted by atomic mass is 32.2. The Kier molecular flexibility index (Phi) is 7.21. The van der Waals surface area contributed by atoms with E-state index in [2.05, 4.69) is 53.6 Å². The van der Waals surface area contributed by atoms with Crippen molar-refractivity contribution in [3.05, 3.63) is 114 Å². The average Bonchev–Trinajstić information content (AvgIpc) is 2.80. The van der Waals surface area contributed by atoms with E-state index in [1.807, 2.05) is 68.4 Å². The molecule has 0 fully saturated rings. The maximum atomic E-state index is 13.8. The number of benzene rings is 3. The summed E-state index contributed by atoms with van der Waals surface area (Å²) in [6.45, 7) is 6.04. The van der Waals surface area contributed by atoms with E-state index in [0.29, 0.717) is 5.56 Å². The van der Waals surface area contributed by atoms with Crippen LogP contribution in [-0.2, 0) is 5.54 Å². The molecule has 0 aliphatic heterocycles. The Bertz CT molecular complexity index is 1160. The summed E-state index contributed by atoms with van der Waals surface area (Å²) in [6.07, 6.45) is 1.75. The summed E-state index contributed by atoms with van der Waals surface area (Å²) in [4.78, 5) is 22.3. The highest BCUT2D eigenvalue weighted by molar-refractivity contribution is 8.00. The summed E-state index contributed by atoms with van der Waals surface area (Å²) in [5, 5.41) is 3.23. The number of rotatable bonds is 7. The van der Waals surface area contributed by atoms with Gasteiger partial charge in [0, 0.05) is 25.8 Å². The first-order valence-electron chi connectivity index (χ1n) is 10.8. The van der Waals surface area contributed by atoms with E-state index in [1.165, 1.54) is 0 Å². The topological polar surface area (TPSA) is 42.0 Å². The number of carbonyl (C=O) groups is 1. The molecule has 4 aromatic rings. The van der Waals surface area contributed by atoms with Crippen molar-refractivity contribution in [2.24, 2.45) is 0 Å². The van der Waals surface area contributed by atoms with Gasteiger partial charge in [0.15, 0.2) is 0 Å². The zero-order valence-electron chi connectivity index (χ0n) is 18.9. The molecule has 33 heavy (non-hydrogen) atoms. The summed E-state index contributed by atoms with van der Waals surface area (Å²) in [5.41, 5.74) is 2.01. The molecule has 0 aliphatic carbocycles. The van der Waals surface area contributed by atoms with E-state index in [4.69, 9.17) is 0 Å². The van der Waals surface area contributed by atoms with E-state index in [9.17, 15) is 4.79 Å². The van der Waals surface area contributed by atoms with Crippen LogP contribution in [-0.4, -0.2) is 10.9 Å². The summed E-state index contributed by atoms with van der Waals surface area (Å²) in [6, 6.07) is 30.3. The Balaban J connectivity index is 1.76. The molecule has 0 saturated heterocycles. The first-order valence-corrected chi connectivity index (χ1v) is 12.4. The number of hydrogen-bond donors (Lipinski definition) is 1. The Morgan fingerprint density at radius 3 is 1.79 bits per heavy atom. The van der Waals surface area contributed by atoms with Crippen LogP contribution in [0.4, 0.5) is 0 Å². The maximum absolute atomic E-state index is 13.8. The summed E-state index contributed by atoms with van der Waals surface area (Å²) >= 11 is 3.23. The van der Waals surface area contributed by atoms with Crippen molar-refractivity contribution < 1.29 is 4.79 Å². The molecule has 1 aromatic heterocycles. The summed E-state index contributed by atoms with van der Waals surface area (Å²) < 4.78 is 0. The van der Waals surface area contributed by atoms with E-state index in [-0.39, 0.29) is 5.91 Å². The van der Waals surface area contributed by atoms with Crippen molar-refractivity contribution in [2.75, 3.05) is 0 Å². The molecule has 1 N–H and O–H groups in total. The lowest BCUT2D eigenvalue weighted by atomic mass is 9.99. The first-order chi connectivity index (χ1) is 15.9. The van der Waals surface area contributed by atoms with Crippen molar-refractivity contribution in [1.82, 2.24) is 10.3 Å². The fourth-order valence-corrected chi connectivity index (χ4v) is 5.74. The number of carbonyl (C=O) groups excluding carboxylic acids is 1. The minimum absolute atomic E-state index is 0.109. The largest absolute Gasteiger partial charge is 0.341 e. The fourth-order valence-electron chi connectivity index (χ4n) is 3.48. The van der Waals surface area contributed by atoms with Crippen LogP contribution >= 0.6 is 23.5 Å². The van der Waals surface area contributed by atoms with Gasteiger partial charge >= 0.3 is 0 Å². The van der Waals surface area contributed by atoms with Gasteiger partial charge in [-0.1, -0.05) is 66.0 Å². The van der Waals surface area contributed by atoms with Gasteiger partial charge in [0.2, 0.25) is 0 Å². The van der Waals surface area contributed by atoms with Gasteiger partial charge in [0.25, 0.3) is 5.91 Å². The van der Waals surface area contributed by atoms with Crippen molar-refractivity contribution >= 4 is 29.4 Å². The second-order valence-corrected chi connectivity index (χ2v) is 10.5. The third kappa shape index (κ3) is 5.86. The Hall–Kier alpha value is -3.02. The monoisotopic (exact) mass is 470 g/mol. The van der Waals surface area contributed by atoms with E-state index < -0.39 is 5.54 Å². The molecule has 1 heterocycles. The second kappa shape index (κ2) is 10.3. The molecular weight excluding hydrogens is 444 g/mol. The molecule has 0 saturated carbocycles. The Morgan fingerprint density at radius 1 is 0.788 bits per heavy atom. The van der Waals surface area contributed by atoms with Crippen LogP contribution in [0.1, 0.15) is 35.5 Å². The van der Waals surface area contributed by atoms with Crippen LogP contribution in [0.2, 0.25) is 0 Å². The van der Waals surface area contributed by atoms with Gasteiger partial charge in [-0.3, -0.25) is 9.78 Å². The highest BCUT2D eigenvalue weighted by Gasteiger charge is 2.28. The normalized spacial score (nSPS) is 11.2. The predicted molar refractivity (Wildman–Crippen MR) is 137 cm³/mol. The zero-order chi connectivity index (χ0) is 23.3. The third-order valence-corrected chi connectivity index (χ3v) is 7.21. The minimum atomic E-state index is -0.618. The molecule has 0 atom stereocenters. The van der Waals surface area contributed by atoms with Crippen molar-refractivity contribution in [1.29, 1.82) is 0 Å². The van der Waals surface area contributed by atoms with Gasteiger partial charge in [0.05, 0.1) is 16.8 Å². The van der Waals surface area contributed by atoms with Crippen molar-refractivity contribution in [3.8, 4) is 0 Å². The number of nitrogens with zero attached hydrogens (tertiary/aromatic N) is 1. The lowest BCUT2D eigenvalue weighted by Crippen LogP contribution is -2.42. The SMILES string of the molecule is Cc1cc(Sc2ccccc2)c(C(=O)NC(C)(C)c2ccccn2)c(Sc2ccccc2)c1. The van der Waals surface area contributed by atoms with Gasteiger partial charge in [-0.2, -0.15) is 0 Å². The molecule has 0 radical (unpaired) electrons. The first kappa shape index (κ1) is 23.1. The number of amides is 1. The van der Waals surface area contributed by atoms with Crippen LogP contribution in [0.15, 0.2) is 117 Å². The lowest BCUT2D eigenvalue weighted by molar-refractivity contribution is 0.0904.